The Morgan fingerprint density at radius 2 is 1.47 bits per heavy atom. The van der Waals surface area contributed by atoms with E-state index in [4.69, 9.17) is 23.2 Å². The van der Waals surface area contributed by atoms with Crippen molar-refractivity contribution in [2.75, 3.05) is 5.32 Å². The van der Waals surface area contributed by atoms with E-state index >= 15 is 0 Å². The lowest BCUT2D eigenvalue weighted by Gasteiger charge is -2.10. The van der Waals surface area contributed by atoms with Gasteiger partial charge in [-0.2, -0.15) is 5.10 Å². The summed E-state index contributed by atoms with van der Waals surface area (Å²) in [6.45, 7) is 0.422. The molecule has 0 saturated heterocycles. The molecule has 4 rings (SSSR count). The maximum atomic E-state index is 12.7. The van der Waals surface area contributed by atoms with Gasteiger partial charge in [0.1, 0.15) is 5.82 Å². The minimum absolute atomic E-state index is 0.0356. The first-order valence-corrected chi connectivity index (χ1v) is 11.5. The van der Waals surface area contributed by atoms with E-state index < -0.39 is 0 Å². The fraction of sp³-hybridized carbons (Fsp3) is 0.115. The predicted molar refractivity (Wildman–Crippen MR) is 135 cm³/mol. The van der Waals surface area contributed by atoms with E-state index in [1.54, 1.807) is 28.9 Å². The zero-order valence-electron chi connectivity index (χ0n) is 18.2. The van der Waals surface area contributed by atoms with Crippen LogP contribution < -0.4 is 10.6 Å². The average Bonchev–Trinajstić information content (AvgIpc) is 3.28. The first kappa shape index (κ1) is 23.5. The molecule has 6 nitrogen and oxygen atoms in total. The van der Waals surface area contributed by atoms with Crippen LogP contribution in [0.15, 0.2) is 84.9 Å². The molecular formula is C26H22Cl2N4O2. The van der Waals surface area contributed by atoms with E-state index in [2.05, 4.69) is 15.7 Å². The minimum Gasteiger partial charge on any atom is -0.352 e. The Morgan fingerprint density at radius 3 is 2.18 bits per heavy atom. The fourth-order valence-electron chi connectivity index (χ4n) is 3.35. The van der Waals surface area contributed by atoms with Gasteiger partial charge in [-0.25, -0.2) is 4.68 Å². The summed E-state index contributed by atoms with van der Waals surface area (Å²) >= 11 is 12.3. The number of carbonyl (C=O) groups is 2. The molecule has 34 heavy (non-hydrogen) atoms. The van der Waals surface area contributed by atoms with Gasteiger partial charge in [0.25, 0.3) is 0 Å². The molecular weight excluding hydrogens is 471 g/mol. The molecule has 0 aliphatic carbocycles. The van der Waals surface area contributed by atoms with Gasteiger partial charge in [0, 0.05) is 31.0 Å². The zero-order chi connectivity index (χ0) is 23.9. The standard InChI is InChI=1S/C26H22Cl2N4O2/c27-21-12-11-20(15-22(21)28)32-24(16-23(31-32)19-9-5-2-6-10-19)30-26(34)14-13-25(33)29-17-18-7-3-1-4-8-18/h1-12,15-16H,13-14,17H2,(H,29,33)(H,30,34). The fourth-order valence-corrected chi connectivity index (χ4v) is 3.64. The van der Waals surface area contributed by atoms with Crippen molar-refractivity contribution in [3.05, 3.63) is 101 Å². The molecule has 0 fully saturated rings. The van der Waals surface area contributed by atoms with Crippen molar-refractivity contribution in [2.24, 2.45) is 0 Å². The van der Waals surface area contributed by atoms with Crippen LogP contribution in [-0.2, 0) is 16.1 Å². The molecule has 0 atom stereocenters. The highest BCUT2D eigenvalue weighted by atomic mass is 35.5. The number of benzene rings is 3. The topological polar surface area (TPSA) is 76.0 Å². The molecule has 0 aliphatic rings. The molecule has 2 N–H and O–H groups in total. The third kappa shape index (κ3) is 6.04. The van der Waals surface area contributed by atoms with Crippen LogP contribution in [0.25, 0.3) is 16.9 Å². The molecule has 4 aromatic rings. The van der Waals surface area contributed by atoms with Gasteiger partial charge in [-0.1, -0.05) is 83.9 Å². The normalized spacial score (nSPS) is 10.6. The summed E-state index contributed by atoms with van der Waals surface area (Å²) in [5.74, 6) is -0.0235. The molecule has 0 saturated carbocycles. The molecule has 3 aromatic carbocycles. The van der Waals surface area contributed by atoms with Crippen molar-refractivity contribution < 1.29 is 9.59 Å². The van der Waals surface area contributed by atoms with Gasteiger partial charge in [-0.3, -0.25) is 9.59 Å². The zero-order valence-corrected chi connectivity index (χ0v) is 19.7. The van der Waals surface area contributed by atoms with Crippen molar-refractivity contribution in [2.45, 2.75) is 19.4 Å². The highest BCUT2D eigenvalue weighted by molar-refractivity contribution is 6.42. The van der Waals surface area contributed by atoms with Gasteiger partial charge < -0.3 is 10.6 Å². The molecule has 172 valence electrons. The van der Waals surface area contributed by atoms with Crippen LogP contribution in [0.4, 0.5) is 5.82 Å². The number of halogens is 2. The Bertz CT molecular complexity index is 1290. The predicted octanol–water partition coefficient (Wildman–Crippen LogP) is 5.88. The maximum absolute atomic E-state index is 12.7. The highest BCUT2D eigenvalue weighted by Crippen LogP contribution is 2.29. The molecule has 0 aliphatic heterocycles. The summed E-state index contributed by atoms with van der Waals surface area (Å²) in [6, 6.07) is 26.1. The van der Waals surface area contributed by atoms with E-state index in [1.165, 1.54) is 0 Å². The lowest BCUT2D eigenvalue weighted by atomic mass is 10.1. The van der Waals surface area contributed by atoms with Gasteiger partial charge in [0.15, 0.2) is 0 Å². The number of rotatable bonds is 8. The third-order valence-corrected chi connectivity index (χ3v) is 5.84. The van der Waals surface area contributed by atoms with E-state index in [0.29, 0.717) is 33.8 Å². The number of nitrogens with zero attached hydrogens (tertiary/aromatic N) is 2. The second-order valence-electron chi connectivity index (χ2n) is 7.60. The molecule has 0 unspecified atom stereocenters. The van der Waals surface area contributed by atoms with Gasteiger partial charge in [0.2, 0.25) is 11.8 Å². The van der Waals surface area contributed by atoms with Crippen molar-refractivity contribution in [3.63, 3.8) is 0 Å². The van der Waals surface area contributed by atoms with E-state index in [1.807, 2.05) is 60.7 Å². The number of aromatic nitrogens is 2. The van der Waals surface area contributed by atoms with Crippen LogP contribution in [0.5, 0.6) is 0 Å². The lowest BCUT2D eigenvalue weighted by Crippen LogP contribution is -2.24. The molecule has 0 radical (unpaired) electrons. The van der Waals surface area contributed by atoms with Crippen LogP contribution in [-0.4, -0.2) is 21.6 Å². The van der Waals surface area contributed by atoms with Crippen molar-refractivity contribution in [3.8, 4) is 16.9 Å². The molecule has 8 heteroatoms. The molecule has 1 heterocycles. The van der Waals surface area contributed by atoms with Crippen LogP contribution in [0.2, 0.25) is 10.0 Å². The number of nitrogens with one attached hydrogen (secondary N) is 2. The second-order valence-corrected chi connectivity index (χ2v) is 8.42. The Labute approximate surface area is 207 Å². The van der Waals surface area contributed by atoms with Crippen molar-refractivity contribution >= 4 is 40.8 Å². The number of hydrogen-bond donors (Lipinski definition) is 2. The smallest absolute Gasteiger partial charge is 0.226 e. The van der Waals surface area contributed by atoms with Gasteiger partial charge >= 0.3 is 0 Å². The first-order chi connectivity index (χ1) is 16.5. The summed E-state index contributed by atoms with van der Waals surface area (Å²) in [6.07, 6.45) is 0.110. The Morgan fingerprint density at radius 1 is 0.794 bits per heavy atom. The second kappa shape index (κ2) is 11.0. The monoisotopic (exact) mass is 492 g/mol. The van der Waals surface area contributed by atoms with Gasteiger partial charge in [-0.05, 0) is 23.8 Å². The van der Waals surface area contributed by atoms with Crippen molar-refractivity contribution in [1.29, 1.82) is 0 Å². The quantitative estimate of drug-likeness (QED) is 0.322. The van der Waals surface area contributed by atoms with Crippen molar-refractivity contribution in [1.82, 2.24) is 15.1 Å². The molecule has 0 spiro atoms. The van der Waals surface area contributed by atoms with Crippen LogP contribution in [0, 0.1) is 0 Å². The SMILES string of the molecule is O=C(CCC(=O)Nc1cc(-c2ccccc2)nn1-c1ccc(Cl)c(Cl)c1)NCc1ccccc1. The summed E-state index contributed by atoms with van der Waals surface area (Å²) in [7, 11) is 0. The van der Waals surface area contributed by atoms with Crippen LogP contribution in [0.3, 0.4) is 0 Å². The molecule has 1 aromatic heterocycles. The third-order valence-electron chi connectivity index (χ3n) is 5.11. The van der Waals surface area contributed by atoms with E-state index in [0.717, 1.165) is 11.1 Å². The first-order valence-electron chi connectivity index (χ1n) is 10.7. The average molecular weight is 493 g/mol. The summed E-state index contributed by atoms with van der Waals surface area (Å²) in [4.78, 5) is 24.8. The van der Waals surface area contributed by atoms with E-state index in [-0.39, 0.29) is 24.7 Å². The highest BCUT2D eigenvalue weighted by Gasteiger charge is 2.15. The lowest BCUT2D eigenvalue weighted by molar-refractivity contribution is -0.124. The van der Waals surface area contributed by atoms with Crippen LogP contribution in [0.1, 0.15) is 18.4 Å². The maximum Gasteiger partial charge on any atom is 0.226 e. The Kier molecular flexibility index (Phi) is 7.62. The number of hydrogen-bond acceptors (Lipinski definition) is 3. The number of carbonyl (C=O) groups excluding carboxylic acids is 2. The van der Waals surface area contributed by atoms with Gasteiger partial charge in [0.05, 0.1) is 21.4 Å². The molecule has 2 amide bonds. The van der Waals surface area contributed by atoms with Gasteiger partial charge in [-0.15, -0.1) is 0 Å². The number of amides is 2. The van der Waals surface area contributed by atoms with Crippen LogP contribution >= 0.6 is 23.2 Å². The molecule has 0 bridgehead atoms. The summed E-state index contributed by atoms with van der Waals surface area (Å²) in [5, 5.41) is 11.2. The largest absolute Gasteiger partial charge is 0.352 e. The van der Waals surface area contributed by atoms with E-state index in [9.17, 15) is 9.59 Å². The minimum atomic E-state index is -0.296. The number of anilines is 1. The Balaban J connectivity index is 1.46. The summed E-state index contributed by atoms with van der Waals surface area (Å²) in [5.41, 5.74) is 3.23. The summed E-state index contributed by atoms with van der Waals surface area (Å²) < 4.78 is 1.60. The Hall–Kier alpha value is -3.61.